The van der Waals surface area contributed by atoms with Gasteiger partial charge in [-0.25, -0.2) is 0 Å². The molecule has 0 N–H and O–H groups in total. The van der Waals surface area contributed by atoms with Crippen LogP contribution in [0.15, 0.2) is 16.7 Å². The Kier molecular flexibility index (Phi) is 7.56. The molecule has 7 nitrogen and oxygen atoms in total. The fourth-order valence-electron chi connectivity index (χ4n) is 4.05. The first-order valence-corrected chi connectivity index (χ1v) is 11.2. The number of aryl methyl sites for hydroxylation is 1. The summed E-state index contributed by atoms with van der Waals surface area (Å²) in [6, 6.07) is 3.68. The van der Waals surface area contributed by atoms with Crippen molar-refractivity contribution in [3.05, 3.63) is 23.7 Å². The predicted molar refractivity (Wildman–Crippen MR) is 114 cm³/mol. The minimum absolute atomic E-state index is 0.150. The lowest BCUT2D eigenvalue weighted by molar-refractivity contribution is -0.155. The van der Waals surface area contributed by atoms with Gasteiger partial charge in [0.15, 0.2) is 0 Å². The number of carbonyl (C=O) groups is 1. The summed E-state index contributed by atoms with van der Waals surface area (Å²) in [7, 11) is 0. The lowest BCUT2D eigenvalue weighted by atomic mass is 9.84. The summed E-state index contributed by atoms with van der Waals surface area (Å²) in [5.74, 6) is 1.30. The van der Waals surface area contributed by atoms with Crippen LogP contribution in [0.1, 0.15) is 96.1 Å². The molecular weight excluding hydrogens is 380 g/mol. The number of esters is 1. The van der Waals surface area contributed by atoms with Crippen molar-refractivity contribution in [1.82, 2.24) is 20.3 Å². The van der Waals surface area contributed by atoms with Crippen molar-refractivity contribution in [3.63, 3.8) is 0 Å². The zero-order chi connectivity index (χ0) is 21.6. The highest BCUT2D eigenvalue weighted by Gasteiger charge is 2.26. The molecule has 3 rings (SSSR count). The largest absolute Gasteiger partial charge is 0.460 e. The Labute approximate surface area is 179 Å². The van der Waals surface area contributed by atoms with Crippen LogP contribution in [-0.2, 0) is 9.53 Å². The SMILES string of the molecule is Cc1ccc(-c2noc([C@@H](CCCC3CCCCC3)CC(=O)OC(C)(C)C)n2)nn1. The normalized spacial score (nSPS) is 16.4. The molecule has 164 valence electrons. The molecule has 30 heavy (non-hydrogen) atoms. The van der Waals surface area contributed by atoms with Gasteiger partial charge in [-0.05, 0) is 52.2 Å². The van der Waals surface area contributed by atoms with Gasteiger partial charge in [-0.3, -0.25) is 4.79 Å². The number of carbonyl (C=O) groups excluding carboxylic acids is 1. The molecule has 7 heteroatoms. The summed E-state index contributed by atoms with van der Waals surface area (Å²) >= 11 is 0. The first-order chi connectivity index (χ1) is 14.3. The molecule has 0 aliphatic heterocycles. The zero-order valence-corrected chi connectivity index (χ0v) is 18.7. The predicted octanol–water partition coefficient (Wildman–Crippen LogP) is 5.40. The van der Waals surface area contributed by atoms with Gasteiger partial charge in [0, 0.05) is 5.92 Å². The number of nitrogens with zero attached hydrogens (tertiary/aromatic N) is 4. The highest BCUT2D eigenvalue weighted by atomic mass is 16.6. The van der Waals surface area contributed by atoms with Crippen molar-refractivity contribution in [3.8, 4) is 11.5 Å². The molecule has 1 aliphatic carbocycles. The third-order valence-electron chi connectivity index (χ3n) is 5.54. The summed E-state index contributed by atoms with van der Waals surface area (Å²) in [6.45, 7) is 7.51. The molecule has 1 aliphatic rings. The van der Waals surface area contributed by atoms with E-state index in [0.29, 0.717) is 17.4 Å². The standard InChI is InChI=1S/C23H34N4O3/c1-16-13-14-19(26-25-16)21-24-22(30-27-21)18(15-20(28)29-23(2,3)4)12-8-11-17-9-6-5-7-10-17/h13-14,17-18H,5-12,15H2,1-4H3/t18-/m0/s1. The van der Waals surface area contributed by atoms with Crippen molar-refractivity contribution in [2.24, 2.45) is 5.92 Å². The number of aromatic nitrogens is 4. The van der Waals surface area contributed by atoms with Crippen LogP contribution in [0.4, 0.5) is 0 Å². The van der Waals surface area contributed by atoms with Gasteiger partial charge in [0.05, 0.1) is 12.1 Å². The summed E-state index contributed by atoms with van der Waals surface area (Å²) in [5.41, 5.74) is 0.878. The second-order valence-electron chi connectivity index (χ2n) is 9.44. The van der Waals surface area contributed by atoms with Crippen molar-refractivity contribution >= 4 is 5.97 Å². The van der Waals surface area contributed by atoms with E-state index in [-0.39, 0.29) is 18.3 Å². The van der Waals surface area contributed by atoms with E-state index in [4.69, 9.17) is 9.26 Å². The lowest BCUT2D eigenvalue weighted by Crippen LogP contribution is -2.25. The van der Waals surface area contributed by atoms with Gasteiger partial charge in [-0.15, -0.1) is 5.10 Å². The van der Waals surface area contributed by atoms with Crippen molar-refractivity contribution in [2.45, 2.75) is 97.0 Å². The van der Waals surface area contributed by atoms with E-state index in [1.165, 1.54) is 38.5 Å². The molecule has 1 atom stereocenters. The highest BCUT2D eigenvalue weighted by molar-refractivity contribution is 5.70. The average Bonchev–Trinajstić information content (AvgIpc) is 3.17. The molecule has 0 bridgehead atoms. The van der Waals surface area contributed by atoms with Crippen LogP contribution in [-0.4, -0.2) is 31.9 Å². The van der Waals surface area contributed by atoms with Crippen molar-refractivity contribution < 1.29 is 14.1 Å². The number of rotatable bonds is 8. The number of hydrogen-bond acceptors (Lipinski definition) is 7. The number of hydrogen-bond donors (Lipinski definition) is 0. The molecule has 0 spiro atoms. The van der Waals surface area contributed by atoms with Gasteiger partial charge in [0.25, 0.3) is 0 Å². The molecule has 2 aromatic heterocycles. The maximum Gasteiger partial charge on any atom is 0.307 e. The minimum Gasteiger partial charge on any atom is -0.460 e. The molecule has 0 unspecified atom stereocenters. The Morgan fingerprint density at radius 1 is 1.20 bits per heavy atom. The van der Waals surface area contributed by atoms with Crippen LogP contribution in [0.2, 0.25) is 0 Å². The van der Waals surface area contributed by atoms with Gasteiger partial charge in [-0.1, -0.05) is 50.1 Å². The van der Waals surface area contributed by atoms with E-state index in [1.807, 2.05) is 39.8 Å². The van der Waals surface area contributed by atoms with Gasteiger partial charge < -0.3 is 9.26 Å². The summed E-state index contributed by atoms with van der Waals surface area (Å²) in [5, 5.41) is 12.3. The van der Waals surface area contributed by atoms with Crippen LogP contribution in [0.25, 0.3) is 11.5 Å². The Morgan fingerprint density at radius 3 is 2.63 bits per heavy atom. The minimum atomic E-state index is -0.513. The van der Waals surface area contributed by atoms with Crippen LogP contribution >= 0.6 is 0 Å². The number of ether oxygens (including phenoxy) is 1. The quantitative estimate of drug-likeness (QED) is 0.534. The van der Waals surface area contributed by atoms with Crippen molar-refractivity contribution in [2.75, 3.05) is 0 Å². The first kappa shape index (κ1) is 22.4. The zero-order valence-electron chi connectivity index (χ0n) is 18.7. The maximum atomic E-state index is 12.5. The van der Waals surface area contributed by atoms with E-state index in [1.54, 1.807) is 0 Å². The van der Waals surface area contributed by atoms with E-state index in [0.717, 1.165) is 24.5 Å². The van der Waals surface area contributed by atoms with Gasteiger partial charge in [0.1, 0.15) is 11.3 Å². The van der Waals surface area contributed by atoms with Gasteiger partial charge in [0.2, 0.25) is 11.7 Å². The first-order valence-electron chi connectivity index (χ1n) is 11.2. The van der Waals surface area contributed by atoms with Crippen LogP contribution < -0.4 is 0 Å². The second kappa shape index (κ2) is 10.1. The van der Waals surface area contributed by atoms with Crippen LogP contribution in [0.5, 0.6) is 0 Å². The fraction of sp³-hybridized carbons (Fsp3) is 0.696. The molecule has 1 saturated carbocycles. The Balaban J connectivity index is 1.67. The highest BCUT2D eigenvalue weighted by Crippen LogP contribution is 2.32. The van der Waals surface area contributed by atoms with Gasteiger partial charge in [-0.2, -0.15) is 10.1 Å². The molecule has 2 heterocycles. The third-order valence-corrected chi connectivity index (χ3v) is 5.54. The Bertz CT molecular complexity index is 805. The summed E-state index contributed by atoms with van der Waals surface area (Å²) in [6.07, 6.45) is 10.0. The van der Waals surface area contributed by atoms with E-state index < -0.39 is 5.60 Å². The molecule has 2 aromatic rings. The van der Waals surface area contributed by atoms with Crippen molar-refractivity contribution in [1.29, 1.82) is 0 Å². The van der Waals surface area contributed by atoms with E-state index in [9.17, 15) is 4.79 Å². The van der Waals surface area contributed by atoms with Crippen LogP contribution in [0, 0.1) is 12.8 Å². The summed E-state index contributed by atoms with van der Waals surface area (Å²) < 4.78 is 11.1. The average molecular weight is 415 g/mol. The molecular formula is C23H34N4O3. The molecule has 0 saturated heterocycles. The second-order valence-corrected chi connectivity index (χ2v) is 9.44. The monoisotopic (exact) mass is 414 g/mol. The smallest absolute Gasteiger partial charge is 0.307 e. The molecule has 0 aromatic carbocycles. The Morgan fingerprint density at radius 2 is 1.97 bits per heavy atom. The summed E-state index contributed by atoms with van der Waals surface area (Å²) in [4.78, 5) is 17.0. The molecule has 0 radical (unpaired) electrons. The third kappa shape index (κ3) is 6.89. The maximum absolute atomic E-state index is 12.5. The Hall–Kier alpha value is -2.31. The van der Waals surface area contributed by atoms with E-state index in [2.05, 4.69) is 20.3 Å². The lowest BCUT2D eigenvalue weighted by Gasteiger charge is -2.23. The topological polar surface area (TPSA) is 91.0 Å². The molecule has 0 amide bonds. The van der Waals surface area contributed by atoms with Gasteiger partial charge >= 0.3 is 5.97 Å². The molecule has 1 fully saturated rings. The van der Waals surface area contributed by atoms with Crippen LogP contribution in [0.3, 0.4) is 0 Å². The van der Waals surface area contributed by atoms with E-state index >= 15 is 0 Å². The fourth-order valence-corrected chi connectivity index (χ4v) is 4.05.